The first-order valence-corrected chi connectivity index (χ1v) is 54.5. The molecule has 0 rings (SSSR count). The van der Waals surface area contributed by atoms with E-state index in [9.17, 15) is 0 Å². The van der Waals surface area contributed by atoms with Crippen LogP contribution < -0.4 is 0 Å². The van der Waals surface area contributed by atoms with Crippen LogP contribution in [0.25, 0.3) is 0 Å². The maximum atomic E-state index is 17.9. The molecule has 0 bridgehead atoms. The third-order valence-electron chi connectivity index (χ3n) is 28.6. The quantitative estimate of drug-likeness (QED) is 0.0448. The van der Waals surface area contributed by atoms with Crippen molar-refractivity contribution in [3.05, 3.63) is 0 Å². The lowest BCUT2D eigenvalue weighted by molar-refractivity contribution is -0.199. The second-order valence-electron chi connectivity index (χ2n) is 38.8. The summed E-state index contributed by atoms with van der Waals surface area (Å²) in [7, 11) is 0. The Balaban J connectivity index is 9.51. The zero-order valence-electron chi connectivity index (χ0n) is 80.3. The van der Waals surface area contributed by atoms with Crippen molar-refractivity contribution in [2.45, 2.75) is 672 Å². The molecule has 0 saturated heterocycles. The summed E-state index contributed by atoms with van der Waals surface area (Å²) in [5.41, 5.74) is -0.436. The molecule has 0 heterocycles. The lowest BCUT2D eigenvalue weighted by Gasteiger charge is -2.64. The van der Waals surface area contributed by atoms with Gasteiger partial charge in [0.25, 0.3) is 0 Å². The summed E-state index contributed by atoms with van der Waals surface area (Å²) in [4.78, 5) is 17.9. The maximum Gasteiger partial charge on any atom is 0.312 e. The number of ether oxygens (including phenoxy) is 1. The highest BCUT2D eigenvalue weighted by Crippen LogP contribution is 2.70. The van der Waals surface area contributed by atoms with E-state index in [2.05, 4.69) is 62.3 Å². The molecule has 0 aliphatic heterocycles. The van der Waals surface area contributed by atoms with Crippen molar-refractivity contribution in [3.8, 4) is 0 Å². The summed E-state index contributed by atoms with van der Waals surface area (Å²) < 4.78 is 7.63. The van der Waals surface area contributed by atoms with Crippen LogP contribution in [0.2, 0.25) is 0 Å². The fourth-order valence-corrected chi connectivity index (χ4v) is 21.3. The highest BCUT2D eigenvalue weighted by atomic mass is 16.5. The highest BCUT2D eigenvalue weighted by Gasteiger charge is 2.65. The van der Waals surface area contributed by atoms with Crippen molar-refractivity contribution in [1.82, 2.24) is 0 Å². The van der Waals surface area contributed by atoms with Gasteiger partial charge in [0, 0.05) is 0 Å². The predicted octanol–water partition coefficient (Wildman–Crippen LogP) is 41.3. The smallest absolute Gasteiger partial charge is 0.312 e. The van der Waals surface area contributed by atoms with Gasteiger partial charge in [-0.1, -0.05) is 615 Å². The van der Waals surface area contributed by atoms with E-state index < -0.39 is 5.41 Å². The molecule has 0 aliphatic carbocycles. The summed E-state index contributed by atoms with van der Waals surface area (Å²) in [6.07, 6.45) is 131. The fraction of sp³-hybridized carbons (Fsp3) is 0.991. The summed E-state index contributed by atoms with van der Waals surface area (Å²) in [5, 5.41) is 0. The van der Waals surface area contributed by atoms with Crippen molar-refractivity contribution in [1.29, 1.82) is 0 Å². The Bertz CT molecular complexity index is 1660. The summed E-state index contributed by atoms with van der Waals surface area (Å²) in [6.45, 7) is 22.1. The highest BCUT2D eigenvalue weighted by molar-refractivity contribution is 5.78. The topological polar surface area (TPSA) is 26.3 Å². The number of carbonyl (C=O) groups is 1. The van der Waals surface area contributed by atoms with E-state index in [1.807, 2.05) is 0 Å². The molecule has 0 amide bonds. The molecule has 672 valence electrons. The normalized spacial score (nSPS) is 12.5. The molecule has 0 radical (unpaired) electrons. The number of hydrogen-bond acceptors (Lipinski definition) is 2. The minimum atomic E-state index is -0.461. The fourth-order valence-electron chi connectivity index (χ4n) is 21.3. The Morgan fingerprint density at radius 1 is 0.179 bits per heavy atom. The molecule has 0 saturated carbocycles. The van der Waals surface area contributed by atoms with Gasteiger partial charge in [-0.05, 0) is 74.5 Å². The van der Waals surface area contributed by atoms with Crippen molar-refractivity contribution < 1.29 is 9.53 Å². The van der Waals surface area contributed by atoms with E-state index in [4.69, 9.17) is 4.74 Å². The van der Waals surface area contributed by atoms with E-state index in [0.717, 1.165) is 19.3 Å². The number of hydrogen-bond donors (Lipinski definition) is 0. The summed E-state index contributed by atoms with van der Waals surface area (Å²) in [5.74, 6) is 1.05. The minimum Gasteiger partial charge on any atom is -0.465 e. The van der Waals surface area contributed by atoms with Gasteiger partial charge in [-0.3, -0.25) is 4.79 Å². The van der Waals surface area contributed by atoms with Crippen molar-refractivity contribution in [3.63, 3.8) is 0 Å². The Hall–Kier alpha value is -0.530. The summed E-state index contributed by atoms with van der Waals surface area (Å²) in [6, 6.07) is 0. The average molecular weight is 1570 g/mol. The molecule has 0 spiro atoms. The zero-order valence-corrected chi connectivity index (χ0v) is 80.3. The molecule has 0 aliphatic rings. The van der Waals surface area contributed by atoms with Crippen LogP contribution >= 0.6 is 0 Å². The van der Waals surface area contributed by atoms with Crippen LogP contribution in [0.5, 0.6) is 0 Å². The third-order valence-corrected chi connectivity index (χ3v) is 28.6. The molecule has 2 nitrogen and oxygen atoms in total. The molecule has 0 aromatic rings. The van der Waals surface area contributed by atoms with Gasteiger partial charge in [0.05, 0.1) is 12.0 Å². The van der Waals surface area contributed by atoms with Crippen LogP contribution in [0.1, 0.15) is 672 Å². The molecule has 0 aromatic carbocycles. The summed E-state index contributed by atoms with van der Waals surface area (Å²) >= 11 is 0. The molecule has 1 unspecified atom stereocenters. The Morgan fingerprint density at radius 2 is 0.330 bits per heavy atom. The lowest BCUT2D eigenvalue weighted by Crippen LogP contribution is -2.60. The Morgan fingerprint density at radius 3 is 0.527 bits per heavy atom. The second-order valence-corrected chi connectivity index (χ2v) is 38.8. The Kier molecular flexibility index (Phi) is 90.8. The monoisotopic (exact) mass is 1570 g/mol. The molecule has 0 N–H and O–H groups in total. The average Bonchev–Trinajstić information content (AvgIpc) is 0.705. The van der Waals surface area contributed by atoms with Gasteiger partial charge in [0.15, 0.2) is 0 Å². The molecule has 112 heavy (non-hydrogen) atoms. The van der Waals surface area contributed by atoms with Crippen molar-refractivity contribution in [2.24, 2.45) is 22.2 Å². The predicted molar refractivity (Wildman–Crippen MR) is 511 cm³/mol. The van der Waals surface area contributed by atoms with Gasteiger partial charge in [-0.15, -0.1) is 0 Å². The maximum absolute atomic E-state index is 17.9. The largest absolute Gasteiger partial charge is 0.465 e. The van der Waals surface area contributed by atoms with Gasteiger partial charge < -0.3 is 4.74 Å². The molecular formula is C110H220O2. The Labute approximate surface area is 712 Å². The molecule has 1 atom stereocenters. The molecule has 0 fully saturated rings. The van der Waals surface area contributed by atoms with E-state index in [1.165, 1.54) is 591 Å². The minimum absolute atomic E-state index is 0.0867. The number of carbonyl (C=O) groups excluding carboxylic acids is 1. The van der Waals surface area contributed by atoms with Gasteiger partial charge in [0.1, 0.15) is 0 Å². The van der Waals surface area contributed by atoms with Gasteiger partial charge >= 0.3 is 5.97 Å². The second kappa shape index (κ2) is 91.2. The molecular weight excluding hydrogens is 1350 g/mol. The van der Waals surface area contributed by atoms with Gasteiger partial charge in [0.2, 0.25) is 0 Å². The van der Waals surface area contributed by atoms with E-state index >= 15 is 4.79 Å². The van der Waals surface area contributed by atoms with Crippen LogP contribution in [0, 0.1) is 22.2 Å². The van der Waals surface area contributed by atoms with E-state index in [-0.39, 0.29) is 10.8 Å². The first-order valence-electron chi connectivity index (χ1n) is 54.5. The van der Waals surface area contributed by atoms with Crippen molar-refractivity contribution in [2.75, 3.05) is 6.61 Å². The lowest BCUT2D eigenvalue weighted by atomic mass is 9.39. The zero-order chi connectivity index (χ0) is 81.2. The SMILES string of the molecule is CCCCCCCCCCCCOC(=O)C(CCCCCCCCCCCC)(CCCCCCCCCCCC)C(CCCCCCCCCCCC)(CCCCCCCCCCCC)C(CCCCCCCCCCCC)(CCCCCCCCCCCC)C(CCCCCCCCC)CCCCCCCCCCCC. The van der Waals surface area contributed by atoms with Crippen LogP contribution in [0.4, 0.5) is 0 Å². The molecule has 2 heteroatoms. The standard InChI is InChI=1S/C110H220O2/c1-10-19-28-37-46-54-62-71-80-89-98-106(97-88-79-70-45-36-27-18-9)108(99-90-81-72-63-55-47-38-29-20-11-2,100-91-82-73-64-56-48-39-30-21-12-3)110(103-94-85-76-67-59-51-42-33-24-15-6,104-95-86-77-68-60-52-43-34-25-16-7)109(101-92-83-74-65-57-49-40-31-22-13-4,102-93-84-75-66-58-50-41-32-23-14-5)107(111)112-105-96-87-78-69-61-53-44-35-26-17-8/h106H,10-105H2,1-9H3. The number of rotatable bonds is 100. The van der Waals surface area contributed by atoms with Crippen LogP contribution in [-0.4, -0.2) is 12.6 Å². The van der Waals surface area contributed by atoms with Crippen LogP contribution in [0.15, 0.2) is 0 Å². The van der Waals surface area contributed by atoms with Gasteiger partial charge in [-0.2, -0.15) is 0 Å². The number of esters is 1. The first kappa shape index (κ1) is 111. The van der Waals surface area contributed by atoms with Gasteiger partial charge in [-0.25, -0.2) is 0 Å². The third kappa shape index (κ3) is 64.4. The van der Waals surface area contributed by atoms with Crippen LogP contribution in [-0.2, 0) is 9.53 Å². The van der Waals surface area contributed by atoms with Crippen LogP contribution in [0.3, 0.4) is 0 Å². The van der Waals surface area contributed by atoms with E-state index in [0.29, 0.717) is 18.5 Å². The first-order chi connectivity index (χ1) is 55.4. The van der Waals surface area contributed by atoms with Crippen molar-refractivity contribution >= 4 is 5.97 Å². The number of unbranched alkanes of at least 4 members (excludes halogenated alkanes) is 78. The van der Waals surface area contributed by atoms with E-state index in [1.54, 1.807) is 0 Å². The molecule has 0 aromatic heterocycles.